The highest BCUT2D eigenvalue weighted by molar-refractivity contribution is 5.94. The Kier molecular flexibility index (Phi) is 6.15. The zero-order valence-corrected chi connectivity index (χ0v) is 11.0. The fraction of sp³-hybridized carbons (Fsp3) is 0.286. The zero-order chi connectivity index (χ0) is 14.1. The number of carbonyl (C=O) groups is 2. The van der Waals surface area contributed by atoms with Crippen LogP contribution in [-0.4, -0.2) is 25.1 Å². The molecule has 1 amide bonds. The Bertz CT molecular complexity index is 468. The van der Waals surface area contributed by atoms with Crippen LogP contribution in [0.4, 0.5) is 5.69 Å². The molecule has 19 heavy (non-hydrogen) atoms. The van der Waals surface area contributed by atoms with E-state index in [1.54, 1.807) is 31.2 Å². The van der Waals surface area contributed by atoms with Crippen LogP contribution in [0.15, 0.2) is 36.4 Å². The Hall–Kier alpha value is -2.30. The second kappa shape index (κ2) is 7.92. The molecule has 102 valence electrons. The van der Waals surface area contributed by atoms with Crippen LogP contribution in [0.2, 0.25) is 0 Å². The van der Waals surface area contributed by atoms with Gasteiger partial charge >= 0.3 is 5.97 Å². The minimum atomic E-state index is -0.546. The van der Waals surface area contributed by atoms with E-state index in [1.807, 2.05) is 13.0 Å². The minimum Gasteiger partial charge on any atom is -0.492 e. The van der Waals surface area contributed by atoms with Crippen LogP contribution in [0.1, 0.15) is 13.8 Å². The van der Waals surface area contributed by atoms with E-state index < -0.39 is 11.9 Å². The number of hydrogen-bond acceptors (Lipinski definition) is 4. The number of hydrogen-bond donors (Lipinski definition) is 1. The van der Waals surface area contributed by atoms with E-state index >= 15 is 0 Å². The van der Waals surface area contributed by atoms with Gasteiger partial charge in [0.1, 0.15) is 5.75 Å². The second-order valence-electron chi connectivity index (χ2n) is 3.59. The summed E-state index contributed by atoms with van der Waals surface area (Å²) in [5.41, 5.74) is 0.552. The molecule has 0 atom stereocenters. The molecule has 1 aromatic carbocycles. The third-order valence-electron chi connectivity index (χ3n) is 2.11. The third kappa shape index (κ3) is 5.25. The molecule has 0 radical (unpaired) electrons. The molecule has 0 aliphatic rings. The lowest BCUT2D eigenvalue weighted by Gasteiger charge is -2.10. The number of esters is 1. The van der Waals surface area contributed by atoms with Gasteiger partial charge in [0.2, 0.25) is 0 Å². The van der Waals surface area contributed by atoms with Crippen molar-refractivity contribution in [2.24, 2.45) is 0 Å². The molecular weight excluding hydrogens is 246 g/mol. The molecule has 0 fully saturated rings. The van der Waals surface area contributed by atoms with E-state index in [-0.39, 0.29) is 6.61 Å². The molecule has 0 spiro atoms. The summed E-state index contributed by atoms with van der Waals surface area (Å²) >= 11 is 0. The third-order valence-corrected chi connectivity index (χ3v) is 2.11. The van der Waals surface area contributed by atoms with E-state index in [0.29, 0.717) is 18.0 Å². The molecule has 5 heteroatoms. The van der Waals surface area contributed by atoms with Crippen LogP contribution in [0.5, 0.6) is 5.75 Å². The Morgan fingerprint density at radius 3 is 2.74 bits per heavy atom. The Balaban J connectivity index is 2.54. The molecule has 0 saturated heterocycles. The van der Waals surface area contributed by atoms with E-state index in [0.717, 1.165) is 0 Å². The summed E-state index contributed by atoms with van der Waals surface area (Å²) in [4.78, 5) is 22.7. The topological polar surface area (TPSA) is 64.6 Å². The van der Waals surface area contributed by atoms with E-state index in [9.17, 15) is 9.59 Å². The summed E-state index contributed by atoms with van der Waals surface area (Å²) in [7, 11) is 0. The van der Waals surface area contributed by atoms with E-state index in [1.165, 1.54) is 6.08 Å². The molecule has 0 unspecified atom stereocenters. The number of nitrogens with one attached hydrogen (secondary N) is 1. The molecule has 1 N–H and O–H groups in total. The molecule has 0 aliphatic heterocycles. The van der Waals surface area contributed by atoms with Crippen LogP contribution >= 0.6 is 0 Å². The van der Waals surface area contributed by atoms with Crippen LogP contribution in [0.3, 0.4) is 0 Å². The summed E-state index contributed by atoms with van der Waals surface area (Å²) in [6.07, 6.45) is 2.80. The normalized spacial score (nSPS) is 10.2. The SMILES string of the molecule is C/C=C/C(=O)OCC(=O)Nc1ccccc1OCC. The quantitative estimate of drug-likeness (QED) is 0.631. The minimum absolute atomic E-state index is 0.330. The van der Waals surface area contributed by atoms with Gasteiger partial charge < -0.3 is 14.8 Å². The van der Waals surface area contributed by atoms with Crippen LogP contribution in [0, 0.1) is 0 Å². The van der Waals surface area contributed by atoms with Gasteiger partial charge in [0.25, 0.3) is 5.91 Å². The standard InChI is InChI=1S/C14H17NO4/c1-3-7-14(17)19-10-13(16)15-11-8-5-6-9-12(11)18-4-2/h3,5-9H,4,10H2,1-2H3,(H,15,16)/b7-3+. The van der Waals surface area contributed by atoms with Crippen molar-refractivity contribution in [1.82, 2.24) is 0 Å². The van der Waals surface area contributed by atoms with Gasteiger partial charge in [0.15, 0.2) is 6.61 Å². The van der Waals surface area contributed by atoms with Gasteiger partial charge in [-0.15, -0.1) is 0 Å². The highest BCUT2D eigenvalue weighted by atomic mass is 16.5. The number of benzene rings is 1. The molecule has 0 aliphatic carbocycles. The van der Waals surface area contributed by atoms with Crippen molar-refractivity contribution in [1.29, 1.82) is 0 Å². The summed E-state index contributed by atoms with van der Waals surface area (Å²) in [6.45, 7) is 3.73. The first kappa shape index (κ1) is 14.8. The average molecular weight is 263 g/mol. The van der Waals surface area contributed by atoms with Gasteiger partial charge in [0.05, 0.1) is 12.3 Å². The lowest BCUT2D eigenvalue weighted by atomic mass is 10.3. The number of amides is 1. The zero-order valence-electron chi connectivity index (χ0n) is 11.0. The number of para-hydroxylation sites is 2. The fourth-order valence-corrected chi connectivity index (χ4v) is 1.36. The summed E-state index contributed by atoms with van der Waals surface area (Å²) in [6, 6.07) is 7.07. The van der Waals surface area contributed by atoms with Crippen LogP contribution in [0.25, 0.3) is 0 Å². The number of ether oxygens (including phenoxy) is 2. The van der Waals surface area contributed by atoms with Gasteiger partial charge in [-0.05, 0) is 26.0 Å². The van der Waals surface area contributed by atoms with E-state index in [2.05, 4.69) is 5.32 Å². The number of anilines is 1. The predicted molar refractivity (Wildman–Crippen MR) is 72.0 cm³/mol. The predicted octanol–water partition coefficient (Wildman–Crippen LogP) is 2.14. The number of rotatable bonds is 6. The smallest absolute Gasteiger partial charge is 0.330 e. The van der Waals surface area contributed by atoms with Crippen molar-refractivity contribution >= 4 is 17.6 Å². The van der Waals surface area contributed by atoms with Crippen molar-refractivity contribution < 1.29 is 19.1 Å². The van der Waals surface area contributed by atoms with Gasteiger partial charge in [-0.2, -0.15) is 0 Å². The average Bonchev–Trinajstić information content (AvgIpc) is 2.39. The summed E-state index contributed by atoms with van der Waals surface area (Å²) in [5.74, 6) is -0.376. The molecule has 5 nitrogen and oxygen atoms in total. The number of carbonyl (C=O) groups excluding carboxylic acids is 2. The maximum absolute atomic E-state index is 11.6. The molecule has 0 saturated carbocycles. The summed E-state index contributed by atoms with van der Waals surface area (Å²) < 4.78 is 10.1. The van der Waals surface area contributed by atoms with Gasteiger partial charge in [-0.3, -0.25) is 4.79 Å². The molecule has 1 aromatic rings. The van der Waals surface area contributed by atoms with Gasteiger partial charge in [0, 0.05) is 6.08 Å². The lowest BCUT2D eigenvalue weighted by Crippen LogP contribution is -2.20. The Labute approximate surface area is 112 Å². The fourth-order valence-electron chi connectivity index (χ4n) is 1.36. The van der Waals surface area contributed by atoms with Crippen molar-refractivity contribution in [3.05, 3.63) is 36.4 Å². The largest absolute Gasteiger partial charge is 0.492 e. The molecule has 0 heterocycles. The van der Waals surface area contributed by atoms with Crippen molar-refractivity contribution in [2.75, 3.05) is 18.5 Å². The monoisotopic (exact) mass is 263 g/mol. The van der Waals surface area contributed by atoms with Gasteiger partial charge in [-0.25, -0.2) is 4.79 Å². The van der Waals surface area contributed by atoms with Crippen LogP contribution < -0.4 is 10.1 Å². The first-order valence-electron chi connectivity index (χ1n) is 5.98. The summed E-state index contributed by atoms with van der Waals surface area (Å²) in [5, 5.41) is 2.63. The van der Waals surface area contributed by atoms with Gasteiger partial charge in [-0.1, -0.05) is 18.2 Å². The number of allylic oxidation sites excluding steroid dienone is 1. The van der Waals surface area contributed by atoms with Crippen LogP contribution in [-0.2, 0) is 14.3 Å². The van der Waals surface area contributed by atoms with Crippen molar-refractivity contribution in [2.45, 2.75) is 13.8 Å². The molecule has 0 aromatic heterocycles. The Morgan fingerprint density at radius 2 is 2.05 bits per heavy atom. The van der Waals surface area contributed by atoms with Crippen molar-refractivity contribution in [3.8, 4) is 5.75 Å². The molecule has 1 rings (SSSR count). The molecular formula is C14H17NO4. The first-order valence-corrected chi connectivity index (χ1v) is 5.98. The Morgan fingerprint density at radius 1 is 1.32 bits per heavy atom. The maximum atomic E-state index is 11.6. The first-order chi connectivity index (χ1) is 9.17. The highest BCUT2D eigenvalue weighted by Crippen LogP contribution is 2.23. The second-order valence-corrected chi connectivity index (χ2v) is 3.59. The lowest BCUT2D eigenvalue weighted by molar-refractivity contribution is -0.142. The molecule has 0 bridgehead atoms. The van der Waals surface area contributed by atoms with E-state index in [4.69, 9.17) is 9.47 Å². The highest BCUT2D eigenvalue weighted by Gasteiger charge is 2.08. The van der Waals surface area contributed by atoms with Crippen molar-refractivity contribution in [3.63, 3.8) is 0 Å². The maximum Gasteiger partial charge on any atom is 0.330 e.